The molecule has 0 atom stereocenters. The van der Waals surface area contributed by atoms with Crippen LogP contribution in [0.15, 0.2) is 75.7 Å². The van der Waals surface area contributed by atoms with Crippen LogP contribution in [-0.2, 0) is 4.79 Å². The summed E-state index contributed by atoms with van der Waals surface area (Å²) in [4.78, 5) is 30.6. The molecule has 190 valence electrons. The van der Waals surface area contributed by atoms with E-state index in [-0.39, 0.29) is 17.2 Å². The molecule has 4 aromatic rings. The van der Waals surface area contributed by atoms with Crippen LogP contribution in [0.25, 0.3) is 16.6 Å². The van der Waals surface area contributed by atoms with Crippen molar-refractivity contribution in [3.63, 3.8) is 0 Å². The maximum Gasteiger partial charge on any atom is 0.266 e. The monoisotopic (exact) mass is 518 g/mol. The lowest BCUT2D eigenvalue weighted by atomic mass is 10.2. The van der Waals surface area contributed by atoms with Gasteiger partial charge >= 0.3 is 0 Å². The fraction of sp³-hybridized carbons (Fsp3) is 0.185. The maximum absolute atomic E-state index is 13.3. The molecule has 10 heteroatoms. The number of amides is 1. The first-order valence-electron chi connectivity index (χ1n) is 11.3. The molecule has 37 heavy (non-hydrogen) atoms. The number of hydrazone groups is 1. The van der Waals surface area contributed by atoms with Crippen LogP contribution in [0.1, 0.15) is 11.1 Å². The lowest BCUT2D eigenvalue weighted by Gasteiger charge is -2.13. The van der Waals surface area contributed by atoms with Crippen molar-refractivity contribution in [1.29, 1.82) is 0 Å². The number of carbonyl (C=O) groups is 1. The molecule has 0 radical (unpaired) electrons. The Labute approximate surface area is 218 Å². The number of carbonyl (C=O) groups excluding carboxylic acids is 1. The minimum Gasteiger partial charge on any atom is -0.496 e. The minimum atomic E-state index is -0.370. The Morgan fingerprint density at radius 2 is 1.70 bits per heavy atom. The van der Waals surface area contributed by atoms with E-state index in [0.29, 0.717) is 44.6 Å². The predicted octanol–water partition coefficient (Wildman–Crippen LogP) is 3.96. The zero-order valence-corrected chi connectivity index (χ0v) is 21.7. The summed E-state index contributed by atoms with van der Waals surface area (Å²) in [6.07, 6.45) is 1.44. The summed E-state index contributed by atoms with van der Waals surface area (Å²) in [7, 11) is 4.58. The van der Waals surface area contributed by atoms with Crippen molar-refractivity contribution in [2.45, 2.75) is 12.1 Å². The first-order chi connectivity index (χ1) is 17.9. The number of hydrogen-bond acceptors (Lipinski definition) is 8. The molecule has 3 aromatic carbocycles. The summed E-state index contributed by atoms with van der Waals surface area (Å²) in [5.74, 6) is 1.14. The van der Waals surface area contributed by atoms with Crippen molar-refractivity contribution in [2.24, 2.45) is 5.10 Å². The zero-order valence-electron chi connectivity index (χ0n) is 20.8. The van der Waals surface area contributed by atoms with Crippen molar-refractivity contribution >= 4 is 34.8 Å². The predicted molar refractivity (Wildman–Crippen MR) is 145 cm³/mol. The van der Waals surface area contributed by atoms with Gasteiger partial charge in [0.15, 0.2) is 5.16 Å². The van der Waals surface area contributed by atoms with Crippen molar-refractivity contribution < 1.29 is 19.0 Å². The third kappa shape index (κ3) is 5.75. The lowest BCUT2D eigenvalue weighted by molar-refractivity contribution is -0.118. The van der Waals surface area contributed by atoms with Gasteiger partial charge in [0.05, 0.1) is 55.5 Å². The average Bonchev–Trinajstić information content (AvgIpc) is 2.92. The van der Waals surface area contributed by atoms with Crippen LogP contribution in [0.5, 0.6) is 17.2 Å². The van der Waals surface area contributed by atoms with Gasteiger partial charge in [-0.15, -0.1) is 0 Å². The summed E-state index contributed by atoms with van der Waals surface area (Å²) >= 11 is 1.15. The van der Waals surface area contributed by atoms with E-state index in [4.69, 9.17) is 14.2 Å². The highest BCUT2D eigenvalue weighted by Crippen LogP contribution is 2.32. The number of ether oxygens (including phenoxy) is 3. The van der Waals surface area contributed by atoms with Crippen molar-refractivity contribution in [3.05, 3.63) is 82.1 Å². The molecular formula is C27H26N4O5S. The minimum absolute atomic E-state index is 0.00906. The smallest absolute Gasteiger partial charge is 0.266 e. The van der Waals surface area contributed by atoms with E-state index in [9.17, 15) is 9.59 Å². The molecule has 0 saturated carbocycles. The molecule has 1 amide bonds. The Morgan fingerprint density at radius 3 is 2.35 bits per heavy atom. The van der Waals surface area contributed by atoms with Crippen LogP contribution >= 0.6 is 11.8 Å². The molecule has 0 bridgehead atoms. The zero-order chi connectivity index (χ0) is 26.4. The summed E-state index contributed by atoms with van der Waals surface area (Å²) in [5, 5.41) is 4.97. The van der Waals surface area contributed by atoms with Gasteiger partial charge in [-0.2, -0.15) is 5.10 Å². The molecule has 1 aromatic heterocycles. The Morgan fingerprint density at radius 1 is 1.03 bits per heavy atom. The van der Waals surface area contributed by atoms with Gasteiger partial charge in [0.25, 0.3) is 11.5 Å². The lowest BCUT2D eigenvalue weighted by Crippen LogP contribution is -2.24. The quantitative estimate of drug-likeness (QED) is 0.155. The highest BCUT2D eigenvalue weighted by atomic mass is 32.2. The SMILES string of the molecule is COc1cc(OC)c(C=NNC(=O)CSc2nc3ccccc3c(=O)n2-c2ccc(C)cc2)c(OC)c1. The number of aromatic nitrogens is 2. The second kappa shape index (κ2) is 11.6. The van der Waals surface area contributed by atoms with Gasteiger partial charge in [-0.3, -0.25) is 14.2 Å². The van der Waals surface area contributed by atoms with Crippen molar-refractivity contribution in [1.82, 2.24) is 15.0 Å². The van der Waals surface area contributed by atoms with E-state index in [2.05, 4.69) is 15.5 Å². The number of thioether (sulfide) groups is 1. The first-order valence-corrected chi connectivity index (χ1v) is 12.3. The molecule has 0 unspecified atom stereocenters. The second-order valence-corrected chi connectivity index (χ2v) is 8.86. The van der Waals surface area contributed by atoms with Crippen LogP contribution < -0.4 is 25.2 Å². The molecule has 1 heterocycles. The fourth-order valence-electron chi connectivity index (χ4n) is 3.62. The normalized spacial score (nSPS) is 11.0. The number of nitrogens with zero attached hydrogens (tertiary/aromatic N) is 3. The summed E-state index contributed by atoms with van der Waals surface area (Å²) < 4.78 is 17.6. The molecule has 0 aliphatic carbocycles. The van der Waals surface area contributed by atoms with E-state index in [0.717, 1.165) is 17.3 Å². The third-order valence-electron chi connectivity index (χ3n) is 5.51. The van der Waals surface area contributed by atoms with Crippen LogP contribution in [0.3, 0.4) is 0 Å². The number of rotatable bonds is 9. The number of hydrogen-bond donors (Lipinski definition) is 1. The topological polar surface area (TPSA) is 104 Å². The Balaban J connectivity index is 1.55. The van der Waals surface area contributed by atoms with Gasteiger partial charge < -0.3 is 14.2 Å². The molecule has 9 nitrogen and oxygen atoms in total. The average molecular weight is 519 g/mol. The van der Waals surface area contributed by atoms with Crippen LogP contribution in [-0.4, -0.2) is 48.8 Å². The number of benzene rings is 3. The van der Waals surface area contributed by atoms with Gasteiger partial charge in [0, 0.05) is 12.1 Å². The Bertz CT molecular complexity index is 1490. The van der Waals surface area contributed by atoms with E-state index >= 15 is 0 Å². The number of para-hydroxylation sites is 1. The fourth-order valence-corrected chi connectivity index (χ4v) is 4.43. The number of aryl methyl sites for hydroxylation is 1. The molecule has 1 N–H and O–H groups in total. The standard InChI is InChI=1S/C27H26N4O5S/c1-17-9-11-18(12-10-17)31-26(33)20-7-5-6-8-22(20)29-27(31)37-16-25(32)30-28-15-21-23(35-3)13-19(34-2)14-24(21)36-4/h5-15H,16H2,1-4H3,(H,30,32). The molecule has 4 rings (SSSR count). The largest absolute Gasteiger partial charge is 0.496 e. The number of fused-ring (bicyclic) bond motifs is 1. The van der Waals surface area contributed by atoms with Crippen molar-refractivity contribution in [3.8, 4) is 22.9 Å². The molecule has 0 saturated heterocycles. The van der Waals surface area contributed by atoms with Gasteiger partial charge in [-0.1, -0.05) is 41.6 Å². The molecular weight excluding hydrogens is 492 g/mol. The summed E-state index contributed by atoms with van der Waals surface area (Å²) in [6, 6.07) is 18.1. The highest BCUT2D eigenvalue weighted by Gasteiger charge is 2.15. The maximum atomic E-state index is 13.3. The van der Waals surface area contributed by atoms with Gasteiger partial charge in [0.2, 0.25) is 0 Å². The Kier molecular flexibility index (Phi) is 8.09. The van der Waals surface area contributed by atoms with Crippen LogP contribution in [0, 0.1) is 6.92 Å². The number of methoxy groups -OCH3 is 3. The number of nitrogens with one attached hydrogen (secondary N) is 1. The van der Waals surface area contributed by atoms with Gasteiger partial charge in [-0.05, 0) is 31.2 Å². The van der Waals surface area contributed by atoms with Gasteiger partial charge in [-0.25, -0.2) is 10.4 Å². The molecule has 0 aliphatic heterocycles. The third-order valence-corrected chi connectivity index (χ3v) is 6.44. The highest BCUT2D eigenvalue weighted by molar-refractivity contribution is 7.99. The van der Waals surface area contributed by atoms with Crippen molar-refractivity contribution in [2.75, 3.05) is 27.1 Å². The van der Waals surface area contributed by atoms with E-state index < -0.39 is 0 Å². The molecule has 0 aliphatic rings. The molecule has 0 spiro atoms. The molecule has 0 fully saturated rings. The summed E-state index contributed by atoms with van der Waals surface area (Å²) in [6.45, 7) is 1.98. The van der Waals surface area contributed by atoms with E-state index in [1.165, 1.54) is 25.0 Å². The second-order valence-electron chi connectivity index (χ2n) is 7.92. The van der Waals surface area contributed by atoms with Gasteiger partial charge in [0.1, 0.15) is 17.2 Å². The summed E-state index contributed by atoms with van der Waals surface area (Å²) in [5.41, 5.74) is 5.16. The van der Waals surface area contributed by atoms with Crippen LogP contribution in [0.4, 0.5) is 0 Å². The van der Waals surface area contributed by atoms with E-state index in [1.807, 2.05) is 37.3 Å². The Hall–Kier alpha value is -4.31. The van der Waals surface area contributed by atoms with E-state index in [1.54, 1.807) is 37.4 Å². The van der Waals surface area contributed by atoms with Crippen LogP contribution in [0.2, 0.25) is 0 Å². The first kappa shape index (κ1) is 25.8.